The van der Waals surface area contributed by atoms with E-state index in [0.717, 1.165) is 33.1 Å². The number of imidazole rings is 1. The Balaban J connectivity index is 1.92. The first-order valence-corrected chi connectivity index (χ1v) is 10.1. The van der Waals surface area contributed by atoms with Gasteiger partial charge in [0, 0.05) is 37.5 Å². The van der Waals surface area contributed by atoms with Crippen LogP contribution in [-0.4, -0.2) is 44.9 Å². The fraction of sp³-hybridized carbons (Fsp3) is 0.304. The lowest BCUT2D eigenvalue weighted by atomic mass is 10.0. The number of fused-ring (bicyclic) bond motifs is 3. The number of aromatic nitrogens is 4. The van der Waals surface area contributed by atoms with Gasteiger partial charge in [0.1, 0.15) is 0 Å². The molecular weight excluding hydrogens is 396 g/mol. The highest BCUT2D eigenvalue weighted by Gasteiger charge is 2.17. The number of hydrogen-bond donors (Lipinski definition) is 0. The van der Waals surface area contributed by atoms with Gasteiger partial charge in [-0.05, 0) is 37.6 Å². The van der Waals surface area contributed by atoms with Crippen LogP contribution in [0.15, 0.2) is 47.7 Å². The van der Waals surface area contributed by atoms with Crippen LogP contribution < -0.4 is 5.69 Å². The van der Waals surface area contributed by atoms with E-state index in [4.69, 9.17) is 9.47 Å². The Morgan fingerprint density at radius 1 is 1.16 bits per heavy atom. The summed E-state index contributed by atoms with van der Waals surface area (Å²) in [5.41, 5.74) is 4.23. The molecule has 8 heteroatoms. The third kappa shape index (κ3) is 3.70. The fourth-order valence-corrected chi connectivity index (χ4v) is 3.68. The van der Waals surface area contributed by atoms with Crippen LogP contribution in [0.2, 0.25) is 0 Å². The van der Waals surface area contributed by atoms with E-state index < -0.39 is 5.97 Å². The predicted octanol–water partition coefficient (Wildman–Crippen LogP) is 3.16. The quantitative estimate of drug-likeness (QED) is 0.445. The molecule has 0 saturated heterocycles. The van der Waals surface area contributed by atoms with Crippen molar-refractivity contribution in [2.75, 3.05) is 13.7 Å². The van der Waals surface area contributed by atoms with Crippen LogP contribution in [0.5, 0.6) is 0 Å². The van der Waals surface area contributed by atoms with E-state index >= 15 is 0 Å². The number of esters is 1. The topological polar surface area (TPSA) is 88.2 Å². The number of hydrogen-bond acceptors (Lipinski definition) is 6. The number of pyridine rings is 2. The largest absolute Gasteiger partial charge is 0.462 e. The first kappa shape index (κ1) is 20.7. The van der Waals surface area contributed by atoms with E-state index in [1.54, 1.807) is 48.7 Å². The van der Waals surface area contributed by atoms with Gasteiger partial charge < -0.3 is 9.47 Å². The molecule has 3 heterocycles. The van der Waals surface area contributed by atoms with E-state index in [-0.39, 0.29) is 11.8 Å². The summed E-state index contributed by atoms with van der Waals surface area (Å²) in [5, 5.41) is 0.845. The predicted molar refractivity (Wildman–Crippen MR) is 118 cm³/mol. The van der Waals surface area contributed by atoms with Gasteiger partial charge in [-0.15, -0.1) is 0 Å². The average Bonchev–Trinajstić information content (AvgIpc) is 3.03. The zero-order chi connectivity index (χ0) is 22.1. The van der Waals surface area contributed by atoms with Gasteiger partial charge in [-0.1, -0.05) is 6.07 Å². The van der Waals surface area contributed by atoms with Crippen LogP contribution in [0.25, 0.3) is 33.1 Å². The number of benzene rings is 1. The normalized spacial score (nSPS) is 12.4. The van der Waals surface area contributed by atoms with E-state index in [9.17, 15) is 9.59 Å². The summed E-state index contributed by atoms with van der Waals surface area (Å²) >= 11 is 0. The van der Waals surface area contributed by atoms with Crippen molar-refractivity contribution < 1.29 is 14.3 Å². The third-order valence-corrected chi connectivity index (χ3v) is 5.39. The molecule has 4 aromatic rings. The molecule has 0 amide bonds. The number of carbonyl (C=O) groups excluding carboxylic acids is 1. The van der Waals surface area contributed by atoms with Gasteiger partial charge in [-0.2, -0.15) is 0 Å². The minimum absolute atomic E-state index is 0.121. The standard InChI is InChI=1S/C23H24N4O4/c1-5-31-22(28)17-8-16(10-24-11-17)15-6-7-19-18(9-15)21-20(12-25-19)26(3)23(29)27(21)13-14(2)30-4/h6-12,14H,5,13H2,1-4H3/t14-/m0/s1. The zero-order valence-corrected chi connectivity index (χ0v) is 18.0. The molecule has 0 spiro atoms. The van der Waals surface area contributed by atoms with Crippen molar-refractivity contribution in [2.45, 2.75) is 26.5 Å². The van der Waals surface area contributed by atoms with Gasteiger partial charge in [0.15, 0.2) is 0 Å². The van der Waals surface area contributed by atoms with Crippen molar-refractivity contribution in [3.05, 3.63) is 58.9 Å². The summed E-state index contributed by atoms with van der Waals surface area (Å²) in [6.07, 6.45) is 4.78. The lowest BCUT2D eigenvalue weighted by molar-refractivity contribution is 0.0526. The fourth-order valence-electron chi connectivity index (χ4n) is 3.68. The molecule has 0 N–H and O–H groups in total. The van der Waals surface area contributed by atoms with E-state index in [1.807, 2.05) is 25.1 Å². The second kappa shape index (κ2) is 8.31. The molecule has 1 aromatic carbocycles. The maximum atomic E-state index is 12.9. The molecule has 4 rings (SSSR count). The maximum Gasteiger partial charge on any atom is 0.339 e. The number of methoxy groups -OCH3 is 1. The highest BCUT2D eigenvalue weighted by Crippen LogP contribution is 2.29. The second-order valence-electron chi connectivity index (χ2n) is 7.41. The van der Waals surface area contributed by atoms with Crippen LogP contribution in [0.4, 0.5) is 0 Å². The van der Waals surface area contributed by atoms with Crippen molar-refractivity contribution in [3.63, 3.8) is 0 Å². The van der Waals surface area contributed by atoms with Crippen LogP contribution in [-0.2, 0) is 23.1 Å². The molecule has 0 fully saturated rings. The number of nitrogens with zero attached hydrogens (tertiary/aromatic N) is 4. The Kier molecular flexibility index (Phi) is 5.56. The van der Waals surface area contributed by atoms with Gasteiger partial charge in [0.05, 0.1) is 47.6 Å². The molecule has 3 aromatic heterocycles. The van der Waals surface area contributed by atoms with E-state index in [0.29, 0.717) is 18.7 Å². The monoisotopic (exact) mass is 420 g/mol. The number of ether oxygens (including phenoxy) is 2. The van der Waals surface area contributed by atoms with Gasteiger partial charge in [0.2, 0.25) is 0 Å². The Labute approximate surface area is 179 Å². The van der Waals surface area contributed by atoms with Crippen molar-refractivity contribution in [3.8, 4) is 11.1 Å². The van der Waals surface area contributed by atoms with Gasteiger partial charge in [-0.3, -0.25) is 19.1 Å². The minimum Gasteiger partial charge on any atom is -0.462 e. The second-order valence-corrected chi connectivity index (χ2v) is 7.41. The van der Waals surface area contributed by atoms with Crippen molar-refractivity contribution in [1.29, 1.82) is 0 Å². The van der Waals surface area contributed by atoms with E-state index in [1.165, 1.54) is 6.20 Å². The van der Waals surface area contributed by atoms with Crippen molar-refractivity contribution in [2.24, 2.45) is 7.05 Å². The molecule has 1 atom stereocenters. The third-order valence-electron chi connectivity index (χ3n) is 5.39. The molecule has 0 radical (unpaired) electrons. The maximum absolute atomic E-state index is 12.9. The lowest BCUT2D eigenvalue weighted by Crippen LogP contribution is -2.27. The Hall–Kier alpha value is -3.52. The SMILES string of the molecule is CCOC(=O)c1cncc(-c2ccc3ncc4c(c3c2)n(C[C@H](C)OC)c(=O)n4C)c1. The highest BCUT2D eigenvalue weighted by molar-refractivity contribution is 6.04. The van der Waals surface area contributed by atoms with Crippen LogP contribution >= 0.6 is 0 Å². The summed E-state index contributed by atoms with van der Waals surface area (Å²) in [6.45, 7) is 4.41. The number of aryl methyl sites for hydroxylation is 1. The first-order chi connectivity index (χ1) is 14.9. The zero-order valence-electron chi connectivity index (χ0n) is 18.0. The minimum atomic E-state index is -0.410. The molecule has 160 valence electrons. The van der Waals surface area contributed by atoms with Gasteiger partial charge >= 0.3 is 11.7 Å². The van der Waals surface area contributed by atoms with Crippen LogP contribution in [0, 0.1) is 0 Å². The smallest absolute Gasteiger partial charge is 0.339 e. The van der Waals surface area contributed by atoms with E-state index in [2.05, 4.69) is 9.97 Å². The molecule has 0 aliphatic rings. The van der Waals surface area contributed by atoms with Crippen LogP contribution in [0.3, 0.4) is 0 Å². The molecule has 0 unspecified atom stereocenters. The Morgan fingerprint density at radius 3 is 2.71 bits per heavy atom. The Morgan fingerprint density at radius 2 is 1.97 bits per heavy atom. The molecule has 31 heavy (non-hydrogen) atoms. The first-order valence-electron chi connectivity index (χ1n) is 10.1. The highest BCUT2D eigenvalue weighted by atomic mass is 16.5. The molecular formula is C23H24N4O4. The number of rotatable bonds is 6. The molecule has 0 saturated carbocycles. The average molecular weight is 420 g/mol. The summed E-state index contributed by atoms with van der Waals surface area (Å²) in [6, 6.07) is 7.56. The van der Waals surface area contributed by atoms with Crippen molar-refractivity contribution >= 4 is 27.9 Å². The van der Waals surface area contributed by atoms with Crippen molar-refractivity contribution in [1.82, 2.24) is 19.1 Å². The van der Waals surface area contributed by atoms with Gasteiger partial charge in [0.25, 0.3) is 0 Å². The lowest BCUT2D eigenvalue weighted by Gasteiger charge is -2.12. The molecule has 0 aliphatic heterocycles. The number of carbonyl (C=O) groups is 1. The molecule has 8 nitrogen and oxygen atoms in total. The molecule has 0 aliphatic carbocycles. The summed E-state index contributed by atoms with van der Waals surface area (Å²) in [7, 11) is 3.37. The Bertz CT molecular complexity index is 1340. The molecule has 0 bridgehead atoms. The van der Waals surface area contributed by atoms with Gasteiger partial charge in [-0.25, -0.2) is 9.59 Å². The summed E-state index contributed by atoms with van der Waals surface area (Å²) in [5.74, 6) is -0.410. The van der Waals surface area contributed by atoms with Crippen LogP contribution in [0.1, 0.15) is 24.2 Å². The summed E-state index contributed by atoms with van der Waals surface area (Å²) < 4.78 is 13.8. The summed E-state index contributed by atoms with van der Waals surface area (Å²) in [4.78, 5) is 33.7.